The molecule has 0 unspecified atom stereocenters. The number of aliphatic hydroxyl groups is 14. The number of carboxylic acid groups (broad SMARTS) is 1. The van der Waals surface area contributed by atoms with Crippen molar-refractivity contribution in [3.63, 3.8) is 0 Å². The van der Waals surface area contributed by atoms with Gasteiger partial charge in [-0.15, -0.1) is 0 Å². The number of aliphatic carboxylic acids is 1. The van der Waals surface area contributed by atoms with Crippen molar-refractivity contribution in [2.75, 3.05) is 26.4 Å². The summed E-state index contributed by atoms with van der Waals surface area (Å²) < 4.78 is 52.3. The summed E-state index contributed by atoms with van der Waals surface area (Å²) in [6, 6.07) is -5.22. The van der Waals surface area contributed by atoms with Crippen LogP contribution in [0.4, 0.5) is 0 Å². The second-order valence-corrected chi connectivity index (χ2v) is 17.6. The maximum Gasteiger partial charge on any atom is 0.364 e. The van der Waals surface area contributed by atoms with Crippen molar-refractivity contribution in [1.29, 1.82) is 0 Å². The third-order valence-electron chi connectivity index (χ3n) is 12.5. The molecule has 0 spiro atoms. The summed E-state index contributed by atoms with van der Waals surface area (Å²) in [7, 11) is 0. The van der Waals surface area contributed by atoms with Crippen molar-refractivity contribution < 1.29 is 138 Å². The van der Waals surface area contributed by atoms with E-state index < -0.39 is 215 Å². The van der Waals surface area contributed by atoms with E-state index in [4.69, 9.17) is 42.6 Å². The maximum absolute atomic E-state index is 13.0. The van der Waals surface area contributed by atoms with E-state index in [1.807, 2.05) is 0 Å². The first kappa shape index (κ1) is 57.9. The topological polar surface area (TPSA) is 491 Å². The zero-order valence-corrected chi connectivity index (χ0v) is 38.0. The third-order valence-corrected chi connectivity index (χ3v) is 12.5. The van der Waals surface area contributed by atoms with Gasteiger partial charge in [0.05, 0.1) is 44.7 Å². The lowest BCUT2D eigenvalue weighted by Crippen LogP contribution is -2.72. The molecule has 3 amide bonds. The fourth-order valence-corrected chi connectivity index (χ4v) is 8.77. The molecule has 18 N–H and O–H groups in total. The maximum atomic E-state index is 13.0. The van der Waals surface area contributed by atoms with Crippen LogP contribution in [0.25, 0.3) is 0 Å². The van der Waals surface area contributed by atoms with Crippen molar-refractivity contribution >= 4 is 23.7 Å². The molecule has 0 saturated carbocycles. The first-order valence-corrected chi connectivity index (χ1v) is 22.1. The minimum absolute atomic E-state index is 0.783. The number of hydrogen-bond acceptors (Lipinski definition) is 27. The molecule has 404 valence electrons. The van der Waals surface area contributed by atoms with E-state index in [0.717, 1.165) is 20.8 Å². The number of aliphatic hydroxyl groups excluding tert-OH is 14. The van der Waals surface area contributed by atoms with Crippen LogP contribution < -0.4 is 16.0 Å². The molecule has 0 aromatic heterocycles. The Bertz CT molecular complexity index is 1760. The fourth-order valence-electron chi connectivity index (χ4n) is 8.77. The van der Waals surface area contributed by atoms with Gasteiger partial charge in [0.15, 0.2) is 25.2 Å². The van der Waals surface area contributed by atoms with Crippen LogP contribution >= 0.6 is 0 Å². The second-order valence-electron chi connectivity index (χ2n) is 17.6. The van der Waals surface area contributed by atoms with Crippen LogP contribution in [-0.4, -0.2) is 286 Å². The molecule has 0 radical (unpaired) electrons. The Morgan fingerprint density at radius 2 is 1.11 bits per heavy atom. The van der Waals surface area contributed by atoms with Gasteiger partial charge in [0.25, 0.3) is 5.79 Å². The highest BCUT2D eigenvalue weighted by atomic mass is 16.8. The van der Waals surface area contributed by atoms with Gasteiger partial charge in [-0.25, -0.2) is 4.79 Å². The summed E-state index contributed by atoms with van der Waals surface area (Å²) in [4.78, 5) is 50.3. The lowest BCUT2D eigenvalue weighted by atomic mass is 9.88. The summed E-state index contributed by atoms with van der Waals surface area (Å²) in [5, 5.41) is 167. The van der Waals surface area contributed by atoms with Crippen LogP contribution in [0.1, 0.15) is 34.1 Å². The van der Waals surface area contributed by atoms with E-state index in [2.05, 4.69) is 16.0 Å². The Kier molecular flexibility index (Phi) is 20.1. The van der Waals surface area contributed by atoms with E-state index in [-0.39, 0.29) is 0 Å². The average Bonchev–Trinajstić information content (AvgIpc) is 3.30. The highest BCUT2D eigenvalue weighted by molar-refractivity contribution is 5.77. The number of carbonyl (C=O) groups is 4. The zero-order chi connectivity index (χ0) is 52.3. The van der Waals surface area contributed by atoms with Gasteiger partial charge < -0.3 is 135 Å². The van der Waals surface area contributed by atoms with Crippen molar-refractivity contribution in [3.05, 3.63) is 0 Å². The summed E-state index contributed by atoms with van der Waals surface area (Å²) in [6.07, 6.45) is -43.2. The molecule has 5 saturated heterocycles. The molecule has 5 heterocycles. The standard InChI is InChI=1S/C39H65N3O28/c1-10-22(51)26(55)28(57)36(63-10)67-30-17(8-45)66-35(21(42-13(4)48)33(30)69-37-29(58)27(56)24(53)16(7-44)65-37)68-31-20(41-12(3)47)34(59)64-18(25(31)54)9-62-39(38(60)61)5-14(49)19(40-11(2)46)32(70-39)23(52)15(50)6-43/h10,14-37,43-45,49-59H,5-9H2,1-4H3,(H,40,46)(H,41,47)(H,42,48)(H,60,61)/t10-,14-,15+,16+,17+,18+,19+,20+,21-,22+,23+,24-,25-,26+,27-,28-,29+,30+,31+,32+,33+,34-,35-,36-,37-,39+/m0/s1. The summed E-state index contributed by atoms with van der Waals surface area (Å²) in [6.45, 7) is 0.0930. The van der Waals surface area contributed by atoms with E-state index in [1.54, 1.807) is 0 Å². The predicted molar refractivity (Wildman–Crippen MR) is 217 cm³/mol. The van der Waals surface area contributed by atoms with Gasteiger partial charge in [-0.05, 0) is 6.92 Å². The molecule has 0 bridgehead atoms. The van der Waals surface area contributed by atoms with E-state index >= 15 is 0 Å². The van der Waals surface area contributed by atoms with Crippen LogP contribution in [0, 0.1) is 0 Å². The lowest BCUT2D eigenvalue weighted by Gasteiger charge is -2.51. The van der Waals surface area contributed by atoms with Gasteiger partial charge in [-0.1, -0.05) is 0 Å². The Balaban J connectivity index is 1.52. The normalized spacial score (nSPS) is 45.5. The van der Waals surface area contributed by atoms with Crippen LogP contribution in [0.5, 0.6) is 0 Å². The van der Waals surface area contributed by atoms with Gasteiger partial charge in [-0.2, -0.15) is 0 Å². The first-order valence-electron chi connectivity index (χ1n) is 22.1. The summed E-state index contributed by atoms with van der Waals surface area (Å²) in [5.41, 5.74) is 0. The monoisotopic (exact) mass is 1020 g/mol. The molecule has 0 aliphatic carbocycles. The number of carbonyl (C=O) groups excluding carboxylic acids is 3. The molecule has 31 heteroatoms. The van der Waals surface area contributed by atoms with Crippen molar-refractivity contribution in [3.8, 4) is 0 Å². The third kappa shape index (κ3) is 12.6. The summed E-state index contributed by atoms with van der Waals surface area (Å²) in [5.74, 6) is -7.49. The molecule has 70 heavy (non-hydrogen) atoms. The Morgan fingerprint density at radius 1 is 0.600 bits per heavy atom. The number of hydrogen-bond donors (Lipinski definition) is 18. The molecule has 5 aliphatic heterocycles. The fraction of sp³-hybridized carbons (Fsp3) is 0.897. The van der Waals surface area contributed by atoms with Gasteiger partial charge in [-0.3, -0.25) is 14.4 Å². The van der Waals surface area contributed by atoms with Gasteiger partial charge in [0.2, 0.25) is 17.7 Å². The van der Waals surface area contributed by atoms with Crippen LogP contribution in [0.15, 0.2) is 0 Å². The van der Waals surface area contributed by atoms with Crippen LogP contribution in [0.3, 0.4) is 0 Å². The predicted octanol–water partition coefficient (Wildman–Crippen LogP) is -11.3. The quantitative estimate of drug-likeness (QED) is 0.0606. The largest absolute Gasteiger partial charge is 0.477 e. The molecule has 0 aromatic carbocycles. The van der Waals surface area contributed by atoms with Crippen LogP contribution in [0.2, 0.25) is 0 Å². The van der Waals surface area contributed by atoms with E-state index in [1.165, 1.54) is 6.92 Å². The molecule has 5 rings (SSSR count). The van der Waals surface area contributed by atoms with Gasteiger partial charge in [0, 0.05) is 27.2 Å². The smallest absolute Gasteiger partial charge is 0.364 e. The Labute approximate surface area is 397 Å². The lowest BCUT2D eigenvalue weighted by molar-refractivity contribution is -0.382. The molecule has 5 aliphatic rings. The number of ether oxygens (including phenoxy) is 9. The number of rotatable bonds is 18. The van der Waals surface area contributed by atoms with Crippen molar-refractivity contribution in [1.82, 2.24) is 16.0 Å². The van der Waals surface area contributed by atoms with E-state index in [0.29, 0.717) is 0 Å². The minimum Gasteiger partial charge on any atom is -0.477 e. The van der Waals surface area contributed by atoms with Gasteiger partial charge in [0.1, 0.15) is 110 Å². The molecule has 0 aromatic rings. The Hall–Kier alpha value is -3.04. The molecule has 5 fully saturated rings. The Morgan fingerprint density at radius 3 is 1.67 bits per heavy atom. The molecular weight excluding hydrogens is 958 g/mol. The molecule has 31 nitrogen and oxygen atoms in total. The second kappa shape index (κ2) is 24.3. The van der Waals surface area contributed by atoms with Gasteiger partial charge >= 0.3 is 5.97 Å². The summed E-state index contributed by atoms with van der Waals surface area (Å²) >= 11 is 0. The average molecular weight is 1020 g/mol. The first-order chi connectivity index (χ1) is 32.8. The van der Waals surface area contributed by atoms with Crippen LogP contribution in [-0.2, 0) is 61.8 Å². The van der Waals surface area contributed by atoms with Crippen molar-refractivity contribution in [2.24, 2.45) is 0 Å². The molecular formula is C39H65N3O28. The highest BCUT2D eigenvalue weighted by Gasteiger charge is 2.59. The zero-order valence-electron chi connectivity index (χ0n) is 38.0. The number of carboxylic acids is 1. The van der Waals surface area contributed by atoms with E-state index in [9.17, 15) is 95.8 Å². The highest BCUT2D eigenvalue weighted by Crippen LogP contribution is 2.38. The minimum atomic E-state index is -2.99. The molecule has 26 atom stereocenters. The number of nitrogens with one attached hydrogen (secondary N) is 3. The SMILES string of the molecule is CC(=O)N[C@@H]1[C@H](O[C@H]2[C@@H](O)[C@@H](CO[C@]3(C(=O)O)C[C@H](O)[C@@H](NC(C)=O)[C@H]([C@H](O)[C@H](O)CO)O3)O[C@H](O)[C@@H]2NC(C)=O)O[C@H](CO)[C@@H](O[C@@H]2O[C@@H](C)[C@@H](O)[C@@H](O)[C@@H]2O)[C@@H]1O[C@@H]1O[C@H](CO)[C@H](O)[C@H](O)[C@H]1O. The number of amides is 3. The van der Waals surface area contributed by atoms with Crippen molar-refractivity contribution in [2.45, 2.75) is 193 Å².